The van der Waals surface area contributed by atoms with Crippen LogP contribution in [0.25, 0.3) is 0 Å². The first-order valence-electron chi connectivity index (χ1n) is 8.88. The average molecular weight is 402 g/mol. The van der Waals surface area contributed by atoms with E-state index in [1.165, 1.54) is 20.3 Å². The van der Waals surface area contributed by atoms with E-state index in [1.807, 2.05) is 0 Å². The van der Waals surface area contributed by atoms with Gasteiger partial charge in [-0.25, -0.2) is 4.98 Å². The van der Waals surface area contributed by atoms with Gasteiger partial charge in [-0.3, -0.25) is 14.4 Å². The number of aromatic nitrogens is 2. The van der Waals surface area contributed by atoms with Gasteiger partial charge in [0.1, 0.15) is 12.4 Å². The molecule has 3 rings (SSSR count). The molecule has 2 heterocycles. The van der Waals surface area contributed by atoms with Gasteiger partial charge in [-0.05, 0) is 24.6 Å². The molecule has 2 aromatic rings. The fourth-order valence-electron chi connectivity index (χ4n) is 3.08. The van der Waals surface area contributed by atoms with Gasteiger partial charge in [0.2, 0.25) is 5.91 Å². The standard InChI is InChI=1S/C19H22N4O6/c1-10-6-15(24)22-14(21-10)8-20-19(26)18-17(23-16(25)9-29-18)11-4-5-12(27-2)13(7-11)28-3/h4-7,17-18H,8-9H2,1-3H3,(H,20,26)(H,23,25)(H,21,22,24)/t17-,18+/m1/s1. The van der Waals surface area contributed by atoms with Gasteiger partial charge in [0.15, 0.2) is 17.6 Å². The van der Waals surface area contributed by atoms with Crippen LogP contribution in [0.3, 0.4) is 0 Å². The summed E-state index contributed by atoms with van der Waals surface area (Å²) in [6.45, 7) is 1.47. The molecule has 0 spiro atoms. The molecule has 1 aromatic heterocycles. The Bertz CT molecular complexity index is 973. The summed E-state index contributed by atoms with van der Waals surface area (Å²) in [5, 5.41) is 5.46. The third kappa shape index (κ3) is 4.72. The molecule has 1 aliphatic heterocycles. The van der Waals surface area contributed by atoms with Crippen molar-refractivity contribution in [3.63, 3.8) is 0 Å². The summed E-state index contributed by atoms with van der Waals surface area (Å²) in [5.41, 5.74) is 0.867. The van der Waals surface area contributed by atoms with E-state index in [9.17, 15) is 14.4 Å². The quantitative estimate of drug-likeness (QED) is 0.618. The molecular formula is C19H22N4O6. The summed E-state index contributed by atoms with van der Waals surface area (Å²) in [6.07, 6.45) is -0.970. The van der Waals surface area contributed by atoms with Crippen LogP contribution in [0.4, 0.5) is 0 Å². The third-order valence-electron chi connectivity index (χ3n) is 4.39. The highest BCUT2D eigenvalue weighted by Crippen LogP contribution is 2.32. The number of H-pyrrole nitrogens is 1. The molecule has 0 unspecified atom stereocenters. The number of morpholine rings is 1. The summed E-state index contributed by atoms with van der Waals surface area (Å²) >= 11 is 0. The van der Waals surface area contributed by atoms with Crippen molar-refractivity contribution in [1.29, 1.82) is 0 Å². The molecule has 10 nitrogen and oxygen atoms in total. The number of ether oxygens (including phenoxy) is 3. The number of aryl methyl sites for hydroxylation is 1. The predicted octanol–water partition coefficient (Wildman–Crippen LogP) is -0.0320. The number of carbonyl (C=O) groups excluding carboxylic acids is 2. The zero-order chi connectivity index (χ0) is 21.0. The second-order valence-corrected chi connectivity index (χ2v) is 6.44. The maximum Gasteiger partial charge on any atom is 0.252 e. The number of nitrogens with zero attached hydrogens (tertiary/aromatic N) is 1. The van der Waals surface area contributed by atoms with E-state index in [0.29, 0.717) is 28.6 Å². The summed E-state index contributed by atoms with van der Waals surface area (Å²) in [4.78, 5) is 42.9. The lowest BCUT2D eigenvalue weighted by atomic mass is 9.98. The molecule has 2 amide bonds. The minimum Gasteiger partial charge on any atom is -0.493 e. The highest BCUT2D eigenvalue weighted by atomic mass is 16.5. The SMILES string of the molecule is COc1ccc([C@H]2NC(=O)CO[C@@H]2C(=O)NCc2nc(C)cc(=O)[nH]2)cc1OC. The molecule has 0 bridgehead atoms. The topological polar surface area (TPSA) is 132 Å². The first-order valence-corrected chi connectivity index (χ1v) is 8.88. The highest BCUT2D eigenvalue weighted by molar-refractivity contribution is 5.86. The van der Waals surface area contributed by atoms with Crippen LogP contribution in [0.5, 0.6) is 11.5 Å². The van der Waals surface area contributed by atoms with Gasteiger partial charge in [0.25, 0.3) is 11.5 Å². The molecule has 3 N–H and O–H groups in total. The van der Waals surface area contributed by atoms with Crippen molar-refractivity contribution in [3.8, 4) is 11.5 Å². The van der Waals surface area contributed by atoms with Crippen LogP contribution in [0.1, 0.15) is 23.1 Å². The number of nitrogens with one attached hydrogen (secondary N) is 3. The van der Waals surface area contributed by atoms with Crippen LogP contribution in [0, 0.1) is 6.92 Å². The number of hydrogen-bond acceptors (Lipinski definition) is 7. The van der Waals surface area contributed by atoms with Gasteiger partial charge >= 0.3 is 0 Å². The normalized spacial score (nSPS) is 18.7. The molecule has 1 aliphatic rings. The van der Waals surface area contributed by atoms with Gasteiger partial charge in [-0.1, -0.05) is 6.07 Å². The first kappa shape index (κ1) is 20.3. The van der Waals surface area contributed by atoms with Crippen molar-refractivity contribution in [1.82, 2.24) is 20.6 Å². The number of carbonyl (C=O) groups is 2. The molecule has 2 atom stereocenters. The smallest absolute Gasteiger partial charge is 0.252 e. The Hall–Kier alpha value is -3.40. The maximum absolute atomic E-state index is 12.7. The van der Waals surface area contributed by atoms with Gasteiger partial charge < -0.3 is 29.8 Å². The van der Waals surface area contributed by atoms with E-state index >= 15 is 0 Å². The summed E-state index contributed by atoms with van der Waals surface area (Å²) in [5.74, 6) is 0.526. The Morgan fingerprint density at radius 1 is 1.24 bits per heavy atom. The Kier molecular flexibility index (Phi) is 6.13. The van der Waals surface area contributed by atoms with Crippen molar-refractivity contribution in [2.24, 2.45) is 0 Å². The molecule has 0 radical (unpaired) electrons. The van der Waals surface area contributed by atoms with Gasteiger partial charge in [-0.15, -0.1) is 0 Å². The predicted molar refractivity (Wildman–Crippen MR) is 102 cm³/mol. The summed E-state index contributed by atoms with van der Waals surface area (Å²) in [6, 6.07) is 5.73. The van der Waals surface area contributed by atoms with Crippen molar-refractivity contribution in [2.45, 2.75) is 25.6 Å². The minimum atomic E-state index is -0.970. The third-order valence-corrected chi connectivity index (χ3v) is 4.39. The summed E-state index contributed by atoms with van der Waals surface area (Å²) in [7, 11) is 3.01. The monoisotopic (exact) mass is 402 g/mol. The zero-order valence-electron chi connectivity index (χ0n) is 16.3. The zero-order valence-corrected chi connectivity index (χ0v) is 16.3. The molecule has 154 valence electrons. The second kappa shape index (κ2) is 8.74. The number of aromatic amines is 1. The van der Waals surface area contributed by atoms with E-state index in [1.54, 1.807) is 25.1 Å². The van der Waals surface area contributed by atoms with Crippen LogP contribution in [-0.2, 0) is 20.9 Å². The van der Waals surface area contributed by atoms with E-state index in [-0.39, 0.29) is 24.6 Å². The average Bonchev–Trinajstić information content (AvgIpc) is 2.70. The van der Waals surface area contributed by atoms with Crippen LogP contribution >= 0.6 is 0 Å². The van der Waals surface area contributed by atoms with Crippen LogP contribution in [0.15, 0.2) is 29.1 Å². The molecular weight excluding hydrogens is 380 g/mol. The Labute approximate surface area is 166 Å². The Balaban J connectivity index is 1.79. The molecule has 1 aromatic carbocycles. The van der Waals surface area contributed by atoms with Gasteiger partial charge in [-0.2, -0.15) is 0 Å². The molecule has 1 fully saturated rings. The molecule has 10 heteroatoms. The molecule has 0 saturated carbocycles. The number of benzene rings is 1. The lowest BCUT2D eigenvalue weighted by molar-refractivity contribution is -0.148. The first-order chi connectivity index (χ1) is 13.9. The van der Waals surface area contributed by atoms with Crippen molar-refractivity contribution >= 4 is 11.8 Å². The fraction of sp³-hybridized carbons (Fsp3) is 0.368. The van der Waals surface area contributed by atoms with Gasteiger partial charge in [0.05, 0.1) is 26.8 Å². The Morgan fingerprint density at radius 2 is 2.00 bits per heavy atom. The van der Waals surface area contributed by atoms with Crippen LogP contribution in [-0.4, -0.2) is 48.7 Å². The number of hydrogen-bond donors (Lipinski definition) is 3. The van der Waals surface area contributed by atoms with Crippen LogP contribution < -0.4 is 25.7 Å². The lowest BCUT2D eigenvalue weighted by Crippen LogP contribution is -2.52. The van der Waals surface area contributed by atoms with E-state index in [0.717, 1.165) is 0 Å². The minimum absolute atomic E-state index is 0.0161. The number of rotatable bonds is 6. The number of methoxy groups -OCH3 is 2. The lowest BCUT2D eigenvalue weighted by Gasteiger charge is -2.32. The van der Waals surface area contributed by atoms with Gasteiger partial charge in [0, 0.05) is 11.8 Å². The van der Waals surface area contributed by atoms with Crippen molar-refractivity contribution in [3.05, 3.63) is 51.7 Å². The highest BCUT2D eigenvalue weighted by Gasteiger charge is 2.36. The summed E-state index contributed by atoms with van der Waals surface area (Å²) < 4.78 is 16.0. The second-order valence-electron chi connectivity index (χ2n) is 6.44. The van der Waals surface area contributed by atoms with Crippen LogP contribution in [0.2, 0.25) is 0 Å². The molecule has 0 aliphatic carbocycles. The molecule has 29 heavy (non-hydrogen) atoms. The Morgan fingerprint density at radius 3 is 2.69 bits per heavy atom. The van der Waals surface area contributed by atoms with Crippen molar-refractivity contribution < 1.29 is 23.8 Å². The van der Waals surface area contributed by atoms with E-state index in [4.69, 9.17) is 14.2 Å². The van der Waals surface area contributed by atoms with Crippen molar-refractivity contribution in [2.75, 3.05) is 20.8 Å². The fourth-order valence-corrected chi connectivity index (χ4v) is 3.08. The molecule has 1 saturated heterocycles. The van der Waals surface area contributed by atoms with E-state index < -0.39 is 18.1 Å². The van der Waals surface area contributed by atoms with E-state index in [2.05, 4.69) is 20.6 Å². The largest absolute Gasteiger partial charge is 0.493 e. The maximum atomic E-state index is 12.7. The number of amides is 2.